The van der Waals surface area contributed by atoms with Crippen molar-refractivity contribution in [3.8, 4) is 17.3 Å². The highest BCUT2D eigenvalue weighted by atomic mass is 19.4. The number of rotatable bonds is 6. The first-order valence-corrected chi connectivity index (χ1v) is 10.6. The lowest BCUT2D eigenvalue weighted by Crippen LogP contribution is -2.30. The SMILES string of the molecule is CC(C)NC(=O)c1ccc(CNc2ncc(C#N)c(-c3c[nH]c4ncc(C(F)(F)F)cc34)n2)cc1. The third kappa shape index (κ3) is 5.22. The first-order valence-electron chi connectivity index (χ1n) is 10.6. The van der Waals surface area contributed by atoms with Gasteiger partial charge >= 0.3 is 6.18 Å². The summed E-state index contributed by atoms with van der Waals surface area (Å²) in [5.41, 5.74) is 1.32. The summed E-state index contributed by atoms with van der Waals surface area (Å²) < 4.78 is 39.6. The summed E-state index contributed by atoms with van der Waals surface area (Å²) in [5, 5.41) is 15.6. The highest BCUT2D eigenvalue weighted by Crippen LogP contribution is 2.34. The van der Waals surface area contributed by atoms with Crippen LogP contribution in [0.25, 0.3) is 22.3 Å². The van der Waals surface area contributed by atoms with Crippen molar-refractivity contribution in [3.05, 3.63) is 71.2 Å². The Kier molecular flexibility index (Phi) is 6.38. The van der Waals surface area contributed by atoms with Crippen LogP contribution in [0.15, 0.2) is 48.9 Å². The summed E-state index contributed by atoms with van der Waals surface area (Å²) in [7, 11) is 0. The molecule has 0 radical (unpaired) electrons. The van der Waals surface area contributed by atoms with Gasteiger partial charge in [-0.2, -0.15) is 18.4 Å². The van der Waals surface area contributed by atoms with Crippen LogP contribution in [0.5, 0.6) is 0 Å². The van der Waals surface area contributed by atoms with Crippen LogP contribution in [0, 0.1) is 11.3 Å². The quantitative estimate of drug-likeness (QED) is 0.370. The molecule has 11 heteroatoms. The van der Waals surface area contributed by atoms with E-state index in [1.54, 1.807) is 24.3 Å². The lowest BCUT2D eigenvalue weighted by Gasteiger charge is -2.10. The number of nitrogens with one attached hydrogen (secondary N) is 3. The minimum Gasteiger partial charge on any atom is -0.350 e. The van der Waals surface area contributed by atoms with Crippen LogP contribution in [-0.2, 0) is 12.7 Å². The van der Waals surface area contributed by atoms with E-state index in [-0.39, 0.29) is 40.2 Å². The average molecular weight is 479 g/mol. The summed E-state index contributed by atoms with van der Waals surface area (Å²) in [5.74, 6) is 0.0244. The first kappa shape index (κ1) is 23.7. The van der Waals surface area contributed by atoms with Crippen molar-refractivity contribution in [2.75, 3.05) is 5.32 Å². The van der Waals surface area contributed by atoms with Crippen molar-refractivity contribution in [2.24, 2.45) is 0 Å². The van der Waals surface area contributed by atoms with Gasteiger partial charge in [-0.3, -0.25) is 4.79 Å². The Hall–Kier alpha value is -4.46. The van der Waals surface area contributed by atoms with E-state index < -0.39 is 11.7 Å². The molecule has 4 aromatic rings. The van der Waals surface area contributed by atoms with E-state index in [4.69, 9.17) is 0 Å². The summed E-state index contributed by atoms with van der Waals surface area (Å²) in [6.45, 7) is 4.08. The maximum atomic E-state index is 13.2. The molecule has 4 rings (SSSR count). The van der Waals surface area contributed by atoms with Crippen LogP contribution >= 0.6 is 0 Å². The molecule has 35 heavy (non-hydrogen) atoms. The van der Waals surface area contributed by atoms with Crippen LogP contribution in [0.2, 0.25) is 0 Å². The third-order valence-electron chi connectivity index (χ3n) is 5.11. The zero-order valence-corrected chi connectivity index (χ0v) is 18.7. The number of H-pyrrole nitrogens is 1. The van der Waals surface area contributed by atoms with Gasteiger partial charge in [0, 0.05) is 41.5 Å². The van der Waals surface area contributed by atoms with E-state index >= 15 is 0 Å². The highest BCUT2D eigenvalue weighted by molar-refractivity contribution is 5.95. The Labute approximate surface area is 198 Å². The van der Waals surface area contributed by atoms with Crippen LogP contribution < -0.4 is 10.6 Å². The number of alkyl halides is 3. The minimum absolute atomic E-state index is 0.0274. The molecule has 0 saturated heterocycles. The molecule has 8 nitrogen and oxygen atoms in total. The van der Waals surface area contributed by atoms with E-state index in [0.29, 0.717) is 17.7 Å². The Balaban J connectivity index is 1.59. The molecule has 3 aromatic heterocycles. The van der Waals surface area contributed by atoms with Crippen molar-refractivity contribution < 1.29 is 18.0 Å². The molecule has 0 atom stereocenters. The summed E-state index contributed by atoms with van der Waals surface area (Å²) in [4.78, 5) is 27.3. The Morgan fingerprint density at radius 3 is 2.57 bits per heavy atom. The van der Waals surface area contributed by atoms with Crippen LogP contribution in [0.3, 0.4) is 0 Å². The number of hydrogen-bond donors (Lipinski definition) is 3. The van der Waals surface area contributed by atoms with Gasteiger partial charge in [-0.15, -0.1) is 0 Å². The standard InChI is InChI=1S/C24H20F3N7O/c1-13(2)33-22(35)15-5-3-14(4-6-15)9-31-23-32-10-16(8-28)20(34-23)19-12-30-21-18(19)7-17(11-29-21)24(25,26)27/h3-7,10-13H,9H2,1-2H3,(H,29,30)(H,33,35)(H,31,32,34). The van der Waals surface area contributed by atoms with Crippen molar-refractivity contribution in [1.82, 2.24) is 25.3 Å². The summed E-state index contributed by atoms with van der Waals surface area (Å²) >= 11 is 0. The fraction of sp³-hybridized carbons (Fsp3) is 0.208. The smallest absolute Gasteiger partial charge is 0.350 e. The van der Waals surface area contributed by atoms with Gasteiger partial charge in [0.2, 0.25) is 5.95 Å². The molecule has 3 N–H and O–H groups in total. The molecule has 1 amide bonds. The molecule has 0 bridgehead atoms. The van der Waals surface area contributed by atoms with E-state index in [9.17, 15) is 23.2 Å². The van der Waals surface area contributed by atoms with Crippen LogP contribution in [0.1, 0.15) is 40.9 Å². The average Bonchev–Trinajstić information content (AvgIpc) is 3.25. The topological polar surface area (TPSA) is 119 Å². The largest absolute Gasteiger partial charge is 0.417 e. The number of carbonyl (C=O) groups is 1. The number of hydrogen-bond acceptors (Lipinski definition) is 6. The van der Waals surface area contributed by atoms with Crippen molar-refractivity contribution >= 4 is 22.9 Å². The van der Waals surface area contributed by atoms with Gasteiger partial charge in [0.15, 0.2) is 0 Å². The maximum Gasteiger partial charge on any atom is 0.417 e. The van der Waals surface area contributed by atoms with Crippen LogP contribution in [-0.4, -0.2) is 31.9 Å². The van der Waals surface area contributed by atoms with Crippen LogP contribution in [0.4, 0.5) is 19.1 Å². The van der Waals surface area contributed by atoms with E-state index in [0.717, 1.165) is 17.8 Å². The second-order valence-electron chi connectivity index (χ2n) is 8.07. The van der Waals surface area contributed by atoms with Crippen molar-refractivity contribution in [3.63, 3.8) is 0 Å². The predicted molar refractivity (Wildman–Crippen MR) is 123 cm³/mol. The lowest BCUT2D eigenvalue weighted by molar-refractivity contribution is -0.137. The third-order valence-corrected chi connectivity index (χ3v) is 5.11. The second kappa shape index (κ2) is 9.42. The van der Waals surface area contributed by atoms with Gasteiger partial charge in [0.05, 0.1) is 23.0 Å². The molecule has 0 unspecified atom stereocenters. The van der Waals surface area contributed by atoms with Gasteiger partial charge < -0.3 is 15.6 Å². The van der Waals surface area contributed by atoms with Gasteiger partial charge in [-0.1, -0.05) is 12.1 Å². The van der Waals surface area contributed by atoms with Gasteiger partial charge in [-0.05, 0) is 37.6 Å². The molecule has 0 fully saturated rings. The van der Waals surface area contributed by atoms with E-state index in [1.165, 1.54) is 12.4 Å². The first-order chi connectivity index (χ1) is 16.7. The number of pyridine rings is 1. The number of nitriles is 1. The molecule has 1 aromatic carbocycles. The van der Waals surface area contributed by atoms with Gasteiger partial charge in [-0.25, -0.2) is 15.0 Å². The minimum atomic E-state index is -4.56. The number of aromatic amines is 1. The normalized spacial score (nSPS) is 11.5. The fourth-order valence-electron chi connectivity index (χ4n) is 3.41. The number of halogens is 3. The highest BCUT2D eigenvalue weighted by Gasteiger charge is 2.31. The molecule has 0 saturated carbocycles. The number of nitrogens with zero attached hydrogens (tertiary/aromatic N) is 4. The predicted octanol–water partition coefficient (Wildman–Crippen LogP) is 4.66. The number of benzene rings is 1. The molecule has 0 aliphatic heterocycles. The molecule has 3 heterocycles. The molecule has 0 aliphatic carbocycles. The summed E-state index contributed by atoms with van der Waals surface area (Å²) in [6.07, 6.45) is -1.04. The Morgan fingerprint density at radius 2 is 1.91 bits per heavy atom. The van der Waals surface area contributed by atoms with Crippen molar-refractivity contribution in [1.29, 1.82) is 5.26 Å². The molecular formula is C24H20F3N7O. The van der Waals surface area contributed by atoms with Crippen molar-refractivity contribution in [2.45, 2.75) is 32.6 Å². The number of amides is 1. The second-order valence-corrected chi connectivity index (χ2v) is 8.07. The number of carbonyl (C=O) groups excluding carboxylic acids is 1. The monoisotopic (exact) mass is 479 g/mol. The maximum absolute atomic E-state index is 13.2. The molecule has 0 aliphatic rings. The zero-order valence-electron chi connectivity index (χ0n) is 18.7. The zero-order chi connectivity index (χ0) is 25.2. The summed E-state index contributed by atoms with van der Waals surface area (Å²) in [6, 6.07) is 9.97. The fourth-order valence-corrected chi connectivity index (χ4v) is 3.41. The van der Waals surface area contributed by atoms with E-state index in [1.807, 2.05) is 19.9 Å². The van der Waals surface area contributed by atoms with Gasteiger partial charge in [0.25, 0.3) is 5.91 Å². The molecule has 0 spiro atoms. The molecular weight excluding hydrogens is 459 g/mol. The van der Waals surface area contributed by atoms with Gasteiger partial charge in [0.1, 0.15) is 11.7 Å². The lowest BCUT2D eigenvalue weighted by atomic mass is 10.1. The number of fused-ring (bicyclic) bond motifs is 1. The Morgan fingerprint density at radius 1 is 1.17 bits per heavy atom. The molecule has 178 valence electrons. The number of aromatic nitrogens is 4. The van der Waals surface area contributed by atoms with E-state index in [2.05, 4.69) is 30.6 Å². The number of anilines is 1. The Bertz CT molecular complexity index is 1420.